The standard InChI is InChI=1S/C18H21N5O2/c1-13-4-5-16(23-7-6-19-12-23)15(8-13)17(24)20-11-18(2,25)14-9-21-22(3)10-14/h4-10,12,25H,11H2,1-3H3,(H,20,24). The Balaban J connectivity index is 1.81. The monoisotopic (exact) mass is 339 g/mol. The number of nitrogens with zero attached hydrogens (tertiary/aromatic N) is 4. The molecule has 2 N–H and O–H groups in total. The normalized spacial score (nSPS) is 13.4. The van der Waals surface area contributed by atoms with Crippen LogP contribution in [0.2, 0.25) is 0 Å². The van der Waals surface area contributed by atoms with Crippen LogP contribution in [0, 0.1) is 6.92 Å². The Morgan fingerprint density at radius 2 is 2.20 bits per heavy atom. The molecule has 7 heteroatoms. The van der Waals surface area contributed by atoms with Gasteiger partial charge in [0.25, 0.3) is 5.91 Å². The summed E-state index contributed by atoms with van der Waals surface area (Å²) >= 11 is 0. The molecule has 1 unspecified atom stereocenters. The number of aromatic nitrogens is 4. The van der Waals surface area contributed by atoms with Crippen molar-refractivity contribution >= 4 is 5.91 Å². The lowest BCUT2D eigenvalue weighted by Gasteiger charge is -2.22. The number of rotatable bonds is 5. The first-order chi connectivity index (χ1) is 11.9. The fourth-order valence-corrected chi connectivity index (χ4v) is 2.61. The van der Waals surface area contributed by atoms with Crippen LogP contribution < -0.4 is 5.32 Å². The topological polar surface area (TPSA) is 85.0 Å². The quantitative estimate of drug-likeness (QED) is 0.739. The van der Waals surface area contributed by atoms with Gasteiger partial charge in [0.15, 0.2) is 0 Å². The number of imidazole rings is 1. The molecule has 0 bridgehead atoms. The van der Waals surface area contributed by atoms with Crippen molar-refractivity contribution in [2.45, 2.75) is 19.4 Å². The van der Waals surface area contributed by atoms with Gasteiger partial charge in [0.1, 0.15) is 5.60 Å². The Kier molecular flexibility index (Phi) is 4.41. The molecular formula is C18H21N5O2. The highest BCUT2D eigenvalue weighted by atomic mass is 16.3. The van der Waals surface area contributed by atoms with Gasteiger partial charge in [-0.1, -0.05) is 11.6 Å². The Morgan fingerprint density at radius 3 is 2.84 bits per heavy atom. The van der Waals surface area contributed by atoms with Crippen molar-refractivity contribution in [3.8, 4) is 5.69 Å². The first-order valence-electron chi connectivity index (χ1n) is 7.95. The molecule has 0 radical (unpaired) electrons. The molecular weight excluding hydrogens is 318 g/mol. The summed E-state index contributed by atoms with van der Waals surface area (Å²) in [6.07, 6.45) is 8.42. The smallest absolute Gasteiger partial charge is 0.253 e. The van der Waals surface area contributed by atoms with Crippen LogP contribution in [0.5, 0.6) is 0 Å². The molecule has 2 heterocycles. The molecule has 3 rings (SSSR count). The van der Waals surface area contributed by atoms with E-state index in [1.54, 1.807) is 54.3 Å². The van der Waals surface area contributed by atoms with Crippen LogP contribution in [-0.2, 0) is 12.6 Å². The van der Waals surface area contributed by atoms with Crippen molar-refractivity contribution in [3.63, 3.8) is 0 Å². The van der Waals surface area contributed by atoms with Gasteiger partial charge >= 0.3 is 0 Å². The third-order valence-electron chi connectivity index (χ3n) is 4.10. The van der Waals surface area contributed by atoms with Crippen LogP contribution in [0.4, 0.5) is 0 Å². The van der Waals surface area contributed by atoms with E-state index in [9.17, 15) is 9.90 Å². The maximum absolute atomic E-state index is 12.7. The van der Waals surface area contributed by atoms with Gasteiger partial charge in [0.2, 0.25) is 0 Å². The predicted octanol–water partition coefficient (Wildman–Crippen LogP) is 1.55. The van der Waals surface area contributed by atoms with Crippen LogP contribution in [0.1, 0.15) is 28.4 Å². The highest BCUT2D eigenvalue weighted by Crippen LogP contribution is 2.20. The first-order valence-corrected chi connectivity index (χ1v) is 7.95. The third kappa shape index (κ3) is 3.61. The maximum Gasteiger partial charge on any atom is 0.253 e. The summed E-state index contributed by atoms with van der Waals surface area (Å²) in [6, 6.07) is 5.65. The number of aryl methyl sites for hydroxylation is 2. The summed E-state index contributed by atoms with van der Waals surface area (Å²) in [6.45, 7) is 3.66. The average molecular weight is 339 g/mol. The fourth-order valence-electron chi connectivity index (χ4n) is 2.61. The highest BCUT2D eigenvalue weighted by molar-refractivity contribution is 5.98. The number of hydrogen-bond donors (Lipinski definition) is 2. The molecule has 1 amide bonds. The van der Waals surface area contributed by atoms with Crippen molar-refractivity contribution in [1.29, 1.82) is 0 Å². The number of aliphatic hydroxyl groups is 1. The minimum absolute atomic E-state index is 0.0782. The molecule has 1 atom stereocenters. The van der Waals surface area contributed by atoms with Crippen molar-refractivity contribution in [2.75, 3.05) is 6.54 Å². The summed E-state index contributed by atoms with van der Waals surface area (Å²) in [5.41, 5.74) is 1.69. The number of benzene rings is 1. The molecule has 0 aliphatic rings. The second-order valence-electron chi connectivity index (χ2n) is 6.35. The molecule has 7 nitrogen and oxygen atoms in total. The Labute approximate surface area is 145 Å². The number of amides is 1. The van der Waals surface area contributed by atoms with Crippen molar-refractivity contribution < 1.29 is 9.90 Å². The predicted molar refractivity (Wildman–Crippen MR) is 93.4 cm³/mol. The summed E-state index contributed by atoms with van der Waals surface area (Å²) in [5, 5.41) is 17.5. The highest BCUT2D eigenvalue weighted by Gasteiger charge is 2.26. The molecule has 0 aliphatic heterocycles. The van der Waals surface area contributed by atoms with Crippen LogP contribution in [0.3, 0.4) is 0 Å². The van der Waals surface area contributed by atoms with E-state index in [4.69, 9.17) is 0 Å². The first kappa shape index (κ1) is 16.9. The molecule has 130 valence electrons. The second-order valence-corrected chi connectivity index (χ2v) is 6.35. The third-order valence-corrected chi connectivity index (χ3v) is 4.10. The lowest BCUT2D eigenvalue weighted by Crippen LogP contribution is -2.38. The van der Waals surface area contributed by atoms with Gasteiger partial charge < -0.3 is 15.0 Å². The van der Waals surface area contributed by atoms with Crippen LogP contribution in [0.25, 0.3) is 5.69 Å². The van der Waals surface area contributed by atoms with Gasteiger partial charge in [-0.2, -0.15) is 5.10 Å². The lowest BCUT2D eigenvalue weighted by atomic mass is 9.99. The van der Waals surface area contributed by atoms with Gasteiger partial charge in [-0.05, 0) is 26.0 Å². The zero-order chi connectivity index (χ0) is 18.0. The fraction of sp³-hybridized carbons (Fsp3) is 0.278. The van der Waals surface area contributed by atoms with E-state index in [2.05, 4.69) is 15.4 Å². The van der Waals surface area contributed by atoms with Gasteiger partial charge in [-0.25, -0.2) is 4.98 Å². The molecule has 0 fully saturated rings. The molecule has 0 spiro atoms. The lowest BCUT2D eigenvalue weighted by molar-refractivity contribution is 0.0526. The maximum atomic E-state index is 12.7. The second kappa shape index (κ2) is 6.52. The summed E-state index contributed by atoms with van der Waals surface area (Å²) < 4.78 is 3.40. The Morgan fingerprint density at radius 1 is 1.40 bits per heavy atom. The van der Waals surface area contributed by atoms with Gasteiger partial charge in [0.05, 0.1) is 30.3 Å². The molecule has 3 aromatic rings. The molecule has 25 heavy (non-hydrogen) atoms. The summed E-state index contributed by atoms with van der Waals surface area (Å²) in [7, 11) is 1.78. The molecule has 0 saturated carbocycles. The average Bonchev–Trinajstić information content (AvgIpc) is 3.24. The van der Waals surface area contributed by atoms with Crippen LogP contribution in [0.15, 0.2) is 49.3 Å². The SMILES string of the molecule is Cc1ccc(-n2ccnc2)c(C(=O)NCC(C)(O)c2cnn(C)c2)c1. The van der Waals surface area contributed by atoms with E-state index in [0.717, 1.165) is 11.3 Å². The number of hydrogen-bond acceptors (Lipinski definition) is 4. The molecule has 1 aromatic carbocycles. The van der Waals surface area contributed by atoms with Gasteiger partial charge in [0, 0.05) is 31.2 Å². The van der Waals surface area contributed by atoms with Crippen LogP contribution in [-0.4, -0.2) is 36.9 Å². The summed E-state index contributed by atoms with van der Waals surface area (Å²) in [4.78, 5) is 16.7. The van der Waals surface area contributed by atoms with Crippen LogP contribution >= 0.6 is 0 Å². The number of carbonyl (C=O) groups excluding carboxylic acids is 1. The van der Waals surface area contributed by atoms with E-state index in [-0.39, 0.29) is 12.5 Å². The number of nitrogens with one attached hydrogen (secondary N) is 1. The largest absolute Gasteiger partial charge is 0.383 e. The minimum atomic E-state index is -1.21. The van der Waals surface area contributed by atoms with Gasteiger partial charge in [-0.15, -0.1) is 0 Å². The van der Waals surface area contributed by atoms with Crippen molar-refractivity contribution in [3.05, 3.63) is 66.0 Å². The van der Waals surface area contributed by atoms with E-state index in [1.807, 2.05) is 25.1 Å². The Bertz CT molecular complexity index is 881. The van der Waals surface area contributed by atoms with E-state index in [0.29, 0.717) is 11.1 Å². The Hall–Kier alpha value is -2.93. The molecule has 0 saturated heterocycles. The molecule has 0 aliphatic carbocycles. The van der Waals surface area contributed by atoms with E-state index >= 15 is 0 Å². The molecule has 2 aromatic heterocycles. The van der Waals surface area contributed by atoms with E-state index < -0.39 is 5.60 Å². The zero-order valence-electron chi connectivity index (χ0n) is 14.5. The van der Waals surface area contributed by atoms with Crippen molar-refractivity contribution in [2.24, 2.45) is 7.05 Å². The summed E-state index contributed by atoms with van der Waals surface area (Å²) in [5.74, 6) is -0.253. The number of carbonyl (C=O) groups is 1. The van der Waals surface area contributed by atoms with Gasteiger partial charge in [-0.3, -0.25) is 9.48 Å². The van der Waals surface area contributed by atoms with Crippen molar-refractivity contribution in [1.82, 2.24) is 24.6 Å². The minimum Gasteiger partial charge on any atom is -0.383 e. The van der Waals surface area contributed by atoms with E-state index in [1.165, 1.54) is 0 Å². The zero-order valence-corrected chi connectivity index (χ0v) is 14.5.